The molecule has 56 heavy (non-hydrogen) atoms. The summed E-state index contributed by atoms with van der Waals surface area (Å²) in [6.07, 6.45) is 4.17. The third-order valence-electron chi connectivity index (χ3n) is 10.0. The molecule has 0 saturated carbocycles. The van der Waals surface area contributed by atoms with Crippen LogP contribution in [0.2, 0.25) is 10.0 Å². The maximum Gasteiger partial charge on any atom is 0.256 e. The monoisotopic (exact) mass is 836 g/mol. The van der Waals surface area contributed by atoms with Crippen molar-refractivity contribution in [3.8, 4) is 23.3 Å². The average molecular weight is 839 g/mol. The van der Waals surface area contributed by atoms with Gasteiger partial charge >= 0.3 is 0 Å². The van der Waals surface area contributed by atoms with Gasteiger partial charge in [-0.25, -0.2) is 0 Å². The lowest BCUT2D eigenvalue weighted by Gasteiger charge is -2.33. The highest BCUT2D eigenvalue weighted by atomic mass is 35.5. The van der Waals surface area contributed by atoms with Gasteiger partial charge in [-0.1, -0.05) is 46.9 Å². The highest BCUT2D eigenvalue weighted by molar-refractivity contribution is 6.36. The summed E-state index contributed by atoms with van der Waals surface area (Å²) in [5, 5.41) is 20.7. The normalized spacial score (nSPS) is 17.4. The zero-order chi connectivity index (χ0) is 41.2. The lowest BCUT2D eigenvalue weighted by molar-refractivity contribution is -0.130. The molecule has 0 bridgehead atoms. The predicted molar refractivity (Wildman–Crippen MR) is 215 cm³/mol. The number of fused-ring (bicyclic) bond motifs is 2. The van der Waals surface area contributed by atoms with E-state index in [9.17, 15) is 29.7 Å². The Bertz CT molecular complexity index is 2240. The van der Waals surface area contributed by atoms with Crippen LogP contribution in [0.5, 0.6) is 0 Å². The summed E-state index contributed by atoms with van der Waals surface area (Å²) in [7, 11) is 6.60. The molecule has 292 valence electrons. The Balaban J connectivity index is 0.000000214. The first kappa shape index (κ1) is 42.4. The molecular weight excluding hydrogens is 798 g/mol. The van der Waals surface area contributed by atoms with E-state index in [1.807, 2.05) is 0 Å². The van der Waals surface area contributed by atoms with E-state index in [1.54, 1.807) is 66.3 Å². The van der Waals surface area contributed by atoms with Gasteiger partial charge in [-0.05, 0) is 44.4 Å². The van der Waals surface area contributed by atoms with Gasteiger partial charge in [-0.3, -0.25) is 29.1 Å². The van der Waals surface area contributed by atoms with Gasteiger partial charge in [-0.2, -0.15) is 10.5 Å². The molecule has 0 saturated heterocycles. The van der Waals surface area contributed by atoms with Gasteiger partial charge in [-0.15, -0.1) is 11.6 Å². The third kappa shape index (κ3) is 8.64. The molecule has 2 aromatic heterocycles. The minimum absolute atomic E-state index is 0.00152. The first-order chi connectivity index (χ1) is 26.5. The Kier molecular flexibility index (Phi) is 13.3. The number of aryl methyl sites for hydroxylation is 2. The fourth-order valence-electron chi connectivity index (χ4n) is 7.00. The highest BCUT2D eigenvalue weighted by Crippen LogP contribution is 2.43. The Hall–Kier alpha value is -4.72. The van der Waals surface area contributed by atoms with Crippen LogP contribution in [0, 0.1) is 36.5 Å². The number of pyridine rings is 2. The number of allylic oxidation sites excluding steroid dienone is 2. The zero-order valence-electron chi connectivity index (χ0n) is 31.8. The molecule has 2 aliphatic heterocycles. The molecule has 3 aromatic rings. The fraction of sp³-hybridized carbons (Fsp3) is 0.400. The van der Waals surface area contributed by atoms with E-state index in [0.717, 1.165) is 0 Å². The van der Waals surface area contributed by atoms with Crippen LogP contribution in [-0.4, -0.2) is 113 Å². The average Bonchev–Trinajstić information content (AvgIpc) is 3.13. The molecular formula is C40H40Cl4N8O4. The number of halogens is 4. The predicted octanol–water partition coefficient (Wildman–Crippen LogP) is 6.28. The van der Waals surface area contributed by atoms with Crippen LogP contribution < -0.4 is 0 Å². The molecule has 16 heteroatoms. The molecule has 0 fully saturated rings. The molecule has 1 unspecified atom stereocenters. The van der Waals surface area contributed by atoms with Crippen LogP contribution in [0.4, 0.5) is 0 Å². The molecule has 1 aliphatic carbocycles. The van der Waals surface area contributed by atoms with E-state index < -0.39 is 0 Å². The summed E-state index contributed by atoms with van der Waals surface area (Å²) >= 11 is 25.1. The SMILES string of the molecule is Cc1nc2c(c(-c3ccc(Cl)cc3Cl)c1C#N)C(=O)N(CC(=O)N(C)C)CC2.Cc1nc2c(c(C3CC[C@H](Cl)C=C3Cl)c1C#N)C(=O)N(CC(=O)N(C)C)CC2. The number of benzene rings is 1. The van der Waals surface area contributed by atoms with Crippen molar-refractivity contribution in [2.24, 2.45) is 0 Å². The number of nitriles is 2. The minimum Gasteiger partial charge on any atom is -0.347 e. The first-order valence-electron chi connectivity index (χ1n) is 17.8. The number of hydrogen-bond donors (Lipinski definition) is 0. The van der Waals surface area contributed by atoms with E-state index in [1.165, 1.54) is 19.6 Å². The molecule has 4 heterocycles. The number of hydrogen-bond acceptors (Lipinski definition) is 8. The number of amides is 4. The van der Waals surface area contributed by atoms with Crippen molar-refractivity contribution in [1.82, 2.24) is 29.6 Å². The van der Waals surface area contributed by atoms with Crippen molar-refractivity contribution in [2.45, 2.75) is 50.8 Å². The van der Waals surface area contributed by atoms with Crippen LogP contribution >= 0.6 is 46.4 Å². The van der Waals surface area contributed by atoms with Gasteiger partial charge in [0.15, 0.2) is 0 Å². The number of alkyl halides is 1. The summed E-state index contributed by atoms with van der Waals surface area (Å²) in [6.45, 7) is 4.28. The number of carbonyl (C=O) groups is 4. The maximum atomic E-state index is 13.3. The molecule has 6 rings (SSSR count). The molecule has 12 nitrogen and oxygen atoms in total. The highest BCUT2D eigenvalue weighted by Gasteiger charge is 2.37. The third-order valence-corrected chi connectivity index (χ3v) is 11.3. The number of carbonyl (C=O) groups excluding carboxylic acids is 4. The Morgan fingerprint density at radius 1 is 0.804 bits per heavy atom. The second-order valence-electron chi connectivity index (χ2n) is 14.2. The summed E-state index contributed by atoms with van der Waals surface area (Å²) in [6, 6.07) is 9.28. The molecule has 4 amide bonds. The second kappa shape index (κ2) is 17.6. The molecule has 3 aliphatic rings. The van der Waals surface area contributed by atoms with E-state index in [2.05, 4.69) is 22.1 Å². The van der Waals surface area contributed by atoms with Crippen molar-refractivity contribution >= 4 is 70.0 Å². The summed E-state index contributed by atoms with van der Waals surface area (Å²) < 4.78 is 0. The zero-order valence-corrected chi connectivity index (χ0v) is 34.9. The van der Waals surface area contributed by atoms with Gasteiger partial charge in [0, 0.05) is 86.2 Å². The standard InChI is InChI=1S/C20H22Cl2N4O2.C20H18Cl2N4O2/c2*1-11-14(9-23)18(13-5-4-12(21)8-15(13)22)19-16(24-11)6-7-26(20(19)28)10-17(27)25(2)3/h8,12-13H,4-7,10H2,1-3H3;4-5,8H,6-7,10H2,1-3H3/t12-,13?;/m0./s1. The number of rotatable bonds is 6. The van der Waals surface area contributed by atoms with Gasteiger partial charge in [0.25, 0.3) is 11.8 Å². The van der Waals surface area contributed by atoms with Crippen LogP contribution in [-0.2, 0) is 22.4 Å². The molecule has 1 aromatic carbocycles. The van der Waals surface area contributed by atoms with Crippen molar-refractivity contribution < 1.29 is 19.2 Å². The smallest absolute Gasteiger partial charge is 0.256 e. The molecule has 0 spiro atoms. The fourth-order valence-corrected chi connectivity index (χ4v) is 8.20. The summed E-state index contributed by atoms with van der Waals surface area (Å²) in [4.78, 5) is 65.7. The Labute approximate surface area is 346 Å². The number of likely N-dealkylation sites (N-methyl/N-ethyl adjacent to an activating group) is 2. The van der Waals surface area contributed by atoms with E-state index >= 15 is 0 Å². The van der Waals surface area contributed by atoms with E-state index in [0.29, 0.717) is 110 Å². The maximum absolute atomic E-state index is 13.3. The number of nitrogens with zero attached hydrogens (tertiary/aromatic N) is 8. The Morgan fingerprint density at radius 3 is 1.82 bits per heavy atom. The van der Waals surface area contributed by atoms with Gasteiger partial charge in [0.1, 0.15) is 25.2 Å². The quantitative estimate of drug-likeness (QED) is 0.263. The minimum atomic E-state index is -0.332. The second-order valence-corrected chi connectivity index (χ2v) is 16.0. The lowest BCUT2D eigenvalue weighted by Crippen LogP contribution is -2.45. The van der Waals surface area contributed by atoms with E-state index in [4.69, 9.17) is 46.4 Å². The van der Waals surface area contributed by atoms with Gasteiger partial charge in [0.05, 0.1) is 50.4 Å². The topological polar surface area (TPSA) is 155 Å². The van der Waals surface area contributed by atoms with Crippen molar-refractivity contribution in [2.75, 3.05) is 54.4 Å². The van der Waals surface area contributed by atoms with Crippen LogP contribution in [0.3, 0.4) is 0 Å². The van der Waals surface area contributed by atoms with Crippen molar-refractivity contribution in [3.63, 3.8) is 0 Å². The van der Waals surface area contributed by atoms with Gasteiger partial charge < -0.3 is 19.6 Å². The molecule has 0 radical (unpaired) electrons. The first-order valence-corrected chi connectivity index (χ1v) is 19.4. The molecule has 2 atom stereocenters. The lowest BCUT2D eigenvalue weighted by atomic mass is 9.81. The molecule has 0 N–H and O–H groups in total. The summed E-state index contributed by atoms with van der Waals surface area (Å²) in [5.74, 6) is -1.20. The Morgan fingerprint density at radius 2 is 1.32 bits per heavy atom. The van der Waals surface area contributed by atoms with E-state index in [-0.39, 0.29) is 53.6 Å². The summed E-state index contributed by atoms with van der Waals surface area (Å²) in [5.41, 5.74) is 5.44. The van der Waals surface area contributed by atoms with Crippen LogP contribution in [0.1, 0.15) is 78.9 Å². The van der Waals surface area contributed by atoms with Crippen molar-refractivity contribution in [3.05, 3.63) is 89.9 Å². The van der Waals surface area contributed by atoms with Crippen LogP contribution in [0.25, 0.3) is 11.1 Å². The van der Waals surface area contributed by atoms with Crippen molar-refractivity contribution in [1.29, 1.82) is 10.5 Å². The van der Waals surface area contributed by atoms with Crippen LogP contribution in [0.15, 0.2) is 29.3 Å². The number of aromatic nitrogens is 2. The largest absolute Gasteiger partial charge is 0.347 e. The van der Waals surface area contributed by atoms with Gasteiger partial charge in [0.2, 0.25) is 11.8 Å².